The number of hydrogen-bond acceptors (Lipinski definition) is 3. The Balaban J connectivity index is 1.49. The third-order valence-electron chi connectivity index (χ3n) is 5.18. The van der Waals surface area contributed by atoms with Gasteiger partial charge in [0.15, 0.2) is 0 Å². The lowest BCUT2D eigenvalue weighted by molar-refractivity contribution is 0.0695. The summed E-state index contributed by atoms with van der Waals surface area (Å²) in [6, 6.07) is 16.5. The Hall–Kier alpha value is -3.41. The van der Waals surface area contributed by atoms with Crippen molar-refractivity contribution in [2.24, 2.45) is 0 Å². The smallest absolute Gasteiger partial charge is 0.335 e. The summed E-state index contributed by atoms with van der Waals surface area (Å²) in [7, 11) is 0. The number of carboxylic acid groups (broad SMARTS) is 1. The summed E-state index contributed by atoms with van der Waals surface area (Å²) in [5.41, 5.74) is 2.79. The third kappa shape index (κ3) is 3.67. The van der Waals surface area contributed by atoms with Crippen LogP contribution in [0.1, 0.15) is 44.2 Å². The molecule has 1 amide bonds. The first-order valence-corrected chi connectivity index (χ1v) is 9.29. The number of aromatic nitrogens is 2. The van der Waals surface area contributed by atoms with Gasteiger partial charge in [-0.05, 0) is 41.8 Å². The average Bonchev–Trinajstić information content (AvgIpc) is 3.40. The van der Waals surface area contributed by atoms with Gasteiger partial charge < -0.3 is 10.0 Å². The van der Waals surface area contributed by atoms with E-state index in [-0.39, 0.29) is 11.8 Å². The summed E-state index contributed by atoms with van der Waals surface area (Å²) in [5, 5.41) is 13.6. The van der Waals surface area contributed by atoms with Crippen LogP contribution in [0, 0.1) is 0 Å². The zero-order valence-corrected chi connectivity index (χ0v) is 15.4. The quantitative estimate of drug-likeness (QED) is 0.743. The van der Waals surface area contributed by atoms with Crippen LogP contribution in [0.2, 0.25) is 0 Å². The molecule has 4 rings (SSSR count). The molecule has 28 heavy (non-hydrogen) atoms. The summed E-state index contributed by atoms with van der Waals surface area (Å²) in [6.45, 7) is 1.77. The van der Waals surface area contributed by atoms with Gasteiger partial charge in [0.1, 0.15) is 0 Å². The van der Waals surface area contributed by atoms with Crippen molar-refractivity contribution in [3.05, 3.63) is 89.2 Å². The highest BCUT2D eigenvalue weighted by Crippen LogP contribution is 2.30. The van der Waals surface area contributed by atoms with Gasteiger partial charge in [-0.25, -0.2) is 4.79 Å². The number of aromatic carboxylic acids is 1. The fraction of sp³-hybridized carbons (Fsp3) is 0.227. The molecule has 6 nitrogen and oxygen atoms in total. The number of benzene rings is 2. The molecule has 1 aliphatic rings. The van der Waals surface area contributed by atoms with Crippen LogP contribution in [0.5, 0.6) is 0 Å². The normalized spacial score (nSPS) is 16.3. The maximum Gasteiger partial charge on any atom is 0.335 e. The summed E-state index contributed by atoms with van der Waals surface area (Å²) < 4.78 is 1.82. The molecule has 1 saturated heterocycles. The van der Waals surface area contributed by atoms with Crippen molar-refractivity contribution in [1.29, 1.82) is 0 Å². The Morgan fingerprint density at radius 3 is 2.75 bits per heavy atom. The van der Waals surface area contributed by atoms with E-state index < -0.39 is 5.97 Å². The molecule has 0 spiro atoms. The molecule has 0 bridgehead atoms. The molecule has 3 aromatic rings. The maximum absolute atomic E-state index is 13.0. The zero-order valence-electron chi connectivity index (χ0n) is 15.4. The van der Waals surface area contributed by atoms with Gasteiger partial charge in [-0.15, -0.1) is 0 Å². The molecular formula is C22H21N3O3. The van der Waals surface area contributed by atoms with Crippen LogP contribution in [-0.2, 0) is 6.54 Å². The number of nitrogens with zero attached hydrogens (tertiary/aromatic N) is 3. The second-order valence-corrected chi connectivity index (χ2v) is 7.03. The molecule has 0 radical (unpaired) electrons. The minimum atomic E-state index is -0.924. The fourth-order valence-corrected chi connectivity index (χ4v) is 3.81. The largest absolute Gasteiger partial charge is 0.478 e. The van der Waals surface area contributed by atoms with E-state index in [2.05, 4.69) is 5.10 Å². The fourth-order valence-electron chi connectivity index (χ4n) is 3.81. The third-order valence-corrected chi connectivity index (χ3v) is 5.18. The molecule has 1 aromatic heterocycles. The summed E-state index contributed by atoms with van der Waals surface area (Å²) in [4.78, 5) is 26.3. The molecule has 1 fully saturated rings. The van der Waals surface area contributed by atoms with Gasteiger partial charge >= 0.3 is 5.97 Å². The van der Waals surface area contributed by atoms with Crippen LogP contribution < -0.4 is 0 Å². The van der Waals surface area contributed by atoms with Crippen molar-refractivity contribution in [3.63, 3.8) is 0 Å². The minimum absolute atomic E-state index is 0.0161. The first-order valence-electron chi connectivity index (χ1n) is 9.29. The molecule has 0 saturated carbocycles. The molecule has 1 N–H and O–H groups in total. The first-order chi connectivity index (χ1) is 13.6. The van der Waals surface area contributed by atoms with Crippen molar-refractivity contribution < 1.29 is 14.7 Å². The molecule has 2 heterocycles. The van der Waals surface area contributed by atoms with E-state index in [1.54, 1.807) is 18.3 Å². The van der Waals surface area contributed by atoms with Gasteiger partial charge in [-0.1, -0.05) is 30.3 Å². The van der Waals surface area contributed by atoms with E-state index in [0.717, 1.165) is 17.5 Å². The Morgan fingerprint density at radius 2 is 1.96 bits per heavy atom. The highest BCUT2D eigenvalue weighted by molar-refractivity contribution is 5.95. The van der Waals surface area contributed by atoms with Crippen LogP contribution in [-0.4, -0.2) is 44.8 Å². The molecule has 142 valence electrons. The van der Waals surface area contributed by atoms with E-state index >= 15 is 0 Å². The highest BCUT2D eigenvalue weighted by Gasteiger charge is 2.30. The van der Waals surface area contributed by atoms with Crippen molar-refractivity contribution in [2.75, 3.05) is 13.1 Å². The first kappa shape index (κ1) is 18.0. The second-order valence-electron chi connectivity index (χ2n) is 7.03. The van der Waals surface area contributed by atoms with Crippen LogP contribution >= 0.6 is 0 Å². The van der Waals surface area contributed by atoms with Gasteiger partial charge in [0.25, 0.3) is 5.91 Å². The number of hydrogen-bond donors (Lipinski definition) is 1. The van der Waals surface area contributed by atoms with E-state index in [4.69, 9.17) is 0 Å². The van der Waals surface area contributed by atoms with Crippen LogP contribution in [0.3, 0.4) is 0 Å². The molecule has 6 heteroatoms. The zero-order chi connectivity index (χ0) is 19.5. The molecular weight excluding hydrogens is 354 g/mol. The van der Waals surface area contributed by atoms with Crippen LogP contribution in [0.15, 0.2) is 67.0 Å². The van der Waals surface area contributed by atoms with Crippen LogP contribution in [0.4, 0.5) is 0 Å². The highest BCUT2D eigenvalue weighted by atomic mass is 16.4. The summed E-state index contributed by atoms with van der Waals surface area (Å²) in [5.74, 6) is -0.896. The van der Waals surface area contributed by atoms with Gasteiger partial charge in [0.2, 0.25) is 0 Å². The Labute approximate surface area is 163 Å². The van der Waals surface area contributed by atoms with E-state index in [1.165, 1.54) is 0 Å². The average molecular weight is 375 g/mol. The van der Waals surface area contributed by atoms with Crippen LogP contribution in [0.25, 0.3) is 0 Å². The Morgan fingerprint density at radius 1 is 1.11 bits per heavy atom. The predicted octanol–water partition coefficient (Wildman–Crippen LogP) is 3.26. The van der Waals surface area contributed by atoms with Crippen molar-refractivity contribution in [3.8, 4) is 0 Å². The minimum Gasteiger partial charge on any atom is -0.478 e. The second kappa shape index (κ2) is 7.68. The Kier molecular flexibility index (Phi) is 4.93. The molecule has 0 unspecified atom stereocenters. The monoisotopic (exact) mass is 375 g/mol. The SMILES string of the molecule is O=C(O)c1ccccc1[C@H]1CCN(C(=O)c2cccc(Cn3cccn3)c2)C1. The number of carbonyl (C=O) groups excluding carboxylic acids is 1. The maximum atomic E-state index is 13.0. The molecule has 1 aliphatic heterocycles. The van der Waals surface area contributed by atoms with Crippen molar-refractivity contribution in [1.82, 2.24) is 14.7 Å². The number of carbonyl (C=O) groups is 2. The number of likely N-dealkylation sites (tertiary alicyclic amines) is 1. The lowest BCUT2D eigenvalue weighted by atomic mass is 9.93. The lowest BCUT2D eigenvalue weighted by Crippen LogP contribution is -2.28. The standard InChI is InChI=1S/C22H21N3O3/c26-21(17-6-3-5-16(13-17)14-25-11-4-10-23-25)24-12-9-18(15-24)19-7-1-2-8-20(19)22(27)28/h1-8,10-11,13,18H,9,12,14-15H2,(H,27,28)/t18-/m0/s1. The number of rotatable bonds is 5. The number of carboxylic acids is 1. The van der Waals surface area contributed by atoms with Crippen molar-refractivity contribution in [2.45, 2.75) is 18.9 Å². The van der Waals surface area contributed by atoms with Crippen molar-refractivity contribution >= 4 is 11.9 Å². The summed E-state index contributed by atoms with van der Waals surface area (Å²) in [6.07, 6.45) is 4.39. The lowest BCUT2D eigenvalue weighted by Gasteiger charge is -2.18. The van der Waals surface area contributed by atoms with Gasteiger partial charge in [-0.3, -0.25) is 9.48 Å². The summed E-state index contributed by atoms with van der Waals surface area (Å²) >= 11 is 0. The topological polar surface area (TPSA) is 75.4 Å². The number of amides is 1. The molecule has 1 atom stereocenters. The van der Waals surface area contributed by atoms with E-state index in [0.29, 0.717) is 30.8 Å². The predicted molar refractivity (Wildman–Crippen MR) is 104 cm³/mol. The Bertz CT molecular complexity index is 998. The van der Waals surface area contributed by atoms with E-state index in [9.17, 15) is 14.7 Å². The molecule has 0 aliphatic carbocycles. The van der Waals surface area contributed by atoms with Gasteiger partial charge in [0, 0.05) is 37.0 Å². The van der Waals surface area contributed by atoms with E-state index in [1.807, 2.05) is 58.2 Å². The molecule has 2 aromatic carbocycles. The van der Waals surface area contributed by atoms with Gasteiger partial charge in [0.05, 0.1) is 12.1 Å². The van der Waals surface area contributed by atoms with Gasteiger partial charge in [-0.2, -0.15) is 5.10 Å².